The van der Waals surface area contributed by atoms with Crippen molar-refractivity contribution in [1.29, 1.82) is 0 Å². The van der Waals surface area contributed by atoms with Crippen molar-refractivity contribution in [2.45, 2.75) is 123 Å². The van der Waals surface area contributed by atoms with Crippen LogP contribution in [0.15, 0.2) is 12.1 Å². The molecule has 1 rings (SSSR count). The minimum atomic E-state index is 0. The molecule has 0 amide bonds. The van der Waals surface area contributed by atoms with Crippen molar-refractivity contribution in [1.82, 2.24) is 4.98 Å². The Kier molecular flexibility index (Phi) is 60.0. The van der Waals surface area contributed by atoms with Gasteiger partial charge in [-0.15, -0.1) is 0 Å². The van der Waals surface area contributed by atoms with E-state index >= 15 is 0 Å². The van der Waals surface area contributed by atoms with Gasteiger partial charge in [-0.2, -0.15) is 0 Å². The van der Waals surface area contributed by atoms with Gasteiger partial charge in [0.05, 0.1) is 0 Å². The Balaban J connectivity index is -0.0000000833. The summed E-state index contributed by atoms with van der Waals surface area (Å²) >= 11 is 5.30. The molecule has 1 nitrogen and oxygen atoms in total. The number of rotatable bonds is 9. The van der Waals surface area contributed by atoms with Crippen LogP contribution < -0.4 is 13.3 Å². The van der Waals surface area contributed by atoms with Gasteiger partial charge in [-0.3, -0.25) is 4.98 Å². The molecule has 0 fully saturated rings. The normalized spacial score (nSPS) is 8.04. The number of aryl methyl sites for hydroxylation is 3. The standard InChI is InChI=1S/C17H29N.6CH4.I3/c1-4-7-10-15-13-16(11-8-5-2)18-17(14-15)12-9-6-3;;;;;;;1-3-2/h13-14H,4-12H2,1-3H3;6*1H4;/q;;;;;;;-1. The van der Waals surface area contributed by atoms with Gasteiger partial charge in [-0.25, -0.2) is 0 Å². The Morgan fingerprint density at radius 2 is 0.963 bits per heavy atom. The summed E-state index contributed by atoms with van der Waals surface area (Å²) in [6.07, 6.45) is 11.1. The molecule has 172 valence electrons. The summed E-state index contributed by atoms with van der Waals surface area (Å²) in [6, 6.07) is 4.67. The molecule has 0 spiro atoms. The van der Waals surface area contributed by atoms with Gasteiger partial charge in [0.2, 0.25) is 0 Å². The van der Waals surface area contributed by atoms with Gasteiger partial charge < -0.3 is 0 Å². The molecule has 0 saturated carbocycles. The van der Waals surface area contributed by atoms with Crippen LogP contribution in [-0.4, -0.2) is 4.98 Å². The van der Waals surface area contributed by atoms with Crippen LogP contribution in [0.25, 0.3) is 0 Å². The summed E-state index contributed by atoms with van der Waals surface area (Å²) in [5.41, 5.74) is 4.14. The Labute approximate surface area is 205 Å². The van der Waals surface area contributed by atoms with Crippen molar-refractivity contribution in [3.63, 3.8) is 0 Å². The van der Waals surface area contributed by atoms with Crippen LogP contribution in [0, 0.1) is 0 Å². The number of hydrogen-bond acceptors (Lipinski definition) is 1. The van der Waals surface area contributed by atoms with Gasteiger partial charge in [0.15, 0.2) is 0 Å². The summed E-state index contributed by atoms with van der Waals surface area (Å²) in [6.45, 7) is 6.76. The first-order chi connectivity index (χ1) is 10.2. The van der Waals surface area contributed by atoms with Crippen molar-refractivity contribution in [2.24, 2.45) is 0 Å². The van der Waals surface area contributed by atoms with E-state index in [0.29, 0.717) is 13.3 Å². The number of hydrogen-bond donors (Lipinski definition) is 0. The maximum absolute atomic E-state index is 4.82. The monoisotopic (exact) mass is 724 g/mol. The number of unbranched alkanes of at least 4 members (excludes halogenated alkanes) is 3. The first-order valence-electron chi connectivity index (χ1n) is 8.07. The van der Waals surface area contributed by atoms with Gasteiger partial charge in [-0.05, 0) is 56.2 Å². The summed E-state index contributed by atoms with van der Waals surface area (Å²) in [5, 5.41) is 0. The molecular weight excluding hydrogens is 671 g/mol. The van der Waals surface area contributed by atoms with E-state index < -0.39 is 0 Å². The topological polar surface area (TPSA) is 12.9 Å². The Bertz CT molecular complexity index is 293. The Morgan fingerprint density at radius 1 is 0.667 bits per heavy atom. The molecule has 27 heavy (non-hydrogen) atoms. The Hall–Kier alpha value is 1.34. The fourth-order valence-electron chi connectivity index (χ4n) is 2.22. The van der Waals surface area contributed by atoms with E-state index in [9.17, 15) is 0 Å². The summed E-state index contributed by atoms with van der Waals surface area (Å²) in [5.74, 6) is 0. The molecule has 0 aliphatic rings. The maximum atomic E-state index is 4.82. The SMILES string of the molecule is C.C.C.C.C.C.CCCCc1cc(CCCC)nc(CCCC)c1.I[I-]I. The van der Waals surface area contributed by atoms with Crippen LogP contribution in [0.2, 0.25) is 0 Å². The summed E-state index contributed by atoms with van der Waals surface area (Å²) in [7, 11) is 0. The molecule has 0 N–H and O–H groups in total. The quantitative estimate of drug-likeness (QED) is 0.238. The predicted molar refractivity (Wildman–Crippen MR) is 148 cm³/mol. The molecule has 4 heteroatoms. The number of aromatic nitrogens is 1. The fourth-order valence-corrected chi connectivity index (χ4v) is 2.22. The van der Waals surface area contributed by atoms with Gasteiger partial charge in [0.1, 0.15) is 0 Å². The van der Waals surface area contributed by atoms with Crippen LogP contribution in [0.4, 0.5) is 0 Å². The van der Waals surface area contributed by atoms with E-state index in [-0.39, 0.29) is 44.6 Å². The first-order valence-corrected chi connectivity index (χ1v) is 20.6. The second kappa shape index (κ2) is 34.8. The third kappa shape index (κ3) is 27.3. The number of pyridine rings is 1. The molecule has 0 atom stereocenters. The van der Waals surface area contributed by atoms with Crippen LogP contribution in [-0.2, 0) is 19.3 Å². The van der Waals surface area contributed by atoms with E-state index in [1.807, 2.05) is 0 Å². The summed E-state index contributed by atoms with van der Waals surface area (Å²) < 4.78 is 0. The molecule has 1 heterocycles. The second-order valence-corrected chi connectivity index (χ2v) is 21.6. The van der Waals surface area contributed by atoms with E-state index in [1.165, 1.54) is 61.9 Å². The molecule has 0 aromatic carbocycles. The molecule has 0 radical (unpaired) electrons. The van der Waals surface area contributed by atoms with Crippen molar-refractivity contribution < 1.29 is 13.3 Å². The zero-order chi connectivity index (χ0) is 15.9. The zero-order valence-electron chi connectivity index (χ0n) is 13.6. The number of nitrogens with zero attached hydrogens (tertiary/aromatic N) is 1. The third-order valence-corrected chi connectivity index (χ3v) is 3.38. The summed E-state index contributed by atoms with van der Waals surface area (Å²) in [4.78, 5) is 4.82. The molecule has 0 unspecified atom stereocenters. The van der Waals surface area contributed by atoms with Crippen molar-refractivity contribution in [2.75, 3.05) is 0 Å². The first kappa shape index (κ1) is 46.5. The van der Waals surface area contributed by atoms with Crippen molar-refractivity contribution in [3.8, 4) is 0 Å². The van der Waals surface area contributed by atoms with E-state index in [0.717, 1.165) is 12.8 Å². The molecule has 0 aliphatic heterocycles. The van der Waals surface area contributed by atoms with Crippen LogP contribution in [0.1, 0.15) is 121 Å². The van der Waals surface area contributed by atoms with E-state index in [4.69, 9.17) is 4.98 Å². The van der Waals surface area contributed by atoms with Gasteiger partial charge in [0.25, 0.3) is 0 Å². The second-order valence-electron chi connectivity index (χ2n) is 5.32. The van der Waals surface area contributed by atoms with Gasteiger partial charge in [-0.1, -0.05) is 84.6 Å². The molecule has 0 bridgehead atoms. The van der Waals surface area contributed by atoms with Gasteiger partial charge >= 0.3 is 50.5 Å². The molecule has 0 aliphatic carbocycles. The molecular formula is C23H53I3N-. The van der Waals surface area contributed by atoms with E-state index in [1.54, 1.807) is 0 Å². The van der Waals surface area contributed by atoms with Crippen LogP contribution in [0.3, 0.4) is 0 Å². The average molecular weight is 724 g/mol. The van der Waals surface area contributed by atoms with Crippen molar-refractivity contribution >= 4 is 37.2 Å². The number of halogens is 3. The van der Waals surface area contributed by atoms with Crippen LogP contribution in [0.5, 0.6) is 0 Å². The fraction of sp³-hybridized carbons (Fsp3) is 0.783. The minimum absolute atomic E-state index is 0. The van der Waals surface area contributed by atoms with E-state index in [2.05, 4.69) is 70.1 Å². The molecule has 0 saturated heterocycles. The van der Waals surface area contributed by atoms with Gasteiger partial charge in [0, 0.05) is 11.4 Å². The molecule has 1 aromatic rings. The predicted octanol–water partition coefficient (Wildman–Crippen LogP) is 7.70. The zero-order valence-corrected chi connectivity index (χ0v) is 20.1. The molecule has 1 aromatic heterocycles. The average Bonchev–Trinajstić information content (AvgIpc) is 2.49. The third-order valence-electron chi connectivity index (χ3n) is 3.38. The Morgan fingerprint density at radius 3 is 1.26 bits per heavy atom. The van der Waals surface area contributed by atoms with Crippen LogP contribution >= 0.6 is 37.2 Å². The van der Waals surface area contributed by atoms with Crippen molar-refractivity contribution in [3.05, 3.63) is 29.1 Å².